The summed E-state index contributed by atoms with van der Waals surface area (Å²) in [5, 5.41) is 0. The lowest BCUT2D eigenvalue weighted by atomic mass is 10.1. The van der Waals surface area contributed by atoms with Crippen LogP contribution in [-0.4, -0.2) is 77.7 Å². The Balaban J connectivity index is 3.20. The normalized spacial score (nSPS) is 21.9. The molecule has 1 heterocycles. The van der Waals surface area contributed by atoms with Crippen molar-refractivity contribution in [2.75, 3.05) is 19.7 Å². The molecule has 5 atom stereocenters. The van der Waals surface area contributed by atoms with Gasteiger partial charge in [-0.05, 0) is 24.8 Å². The topological polar surface area (TPSA) is 118 Å². The lowest BCUT2D eigenvalue weighted by Crippen LogP contribution is -2.46. The van der Waals surface area contributed by atoms with Crippen molar-refractivity contribution in [1.82, 2.24) is 4.31 Å². The standard InChI is InChI=1S/C26H45NO9S/c1-7-9-11-13-15-27(16-14-12-10-8-2)37-26-25(35-21(6)31)24(34-20(5)30)23(36-26)22(33-19(4)29)17-32-18(3)28/h22-26H,7-17H2,1-6H3/t22-,23+,24+,25-,26?/m1/s1. The van der Waals surface area contributed by atoms with E-state index in [4.69, 9.17) is 23.7 Å². The number of carbonyl (C=O) groups is 4. The van der Waals surface area contributed by atoms with Gasteiger partial charge in [-0.25, -0.2) is 4.31 Å². The highest BCUT2D eigenvalue weighted by Gasteiger charge is 2.54. The van der Waals surface area contributed by atoms with Gasteiger partial charge in [-0.2, -0.15) is 0 Å². The van der Waals surface area contributed by atoms with Crippen molar-refractivity contribution in [1.29, 1.82) is 0 Å². The fourth-order valence-corrected chi connectivity index (χ4v) is 5.35. The third-order valence-corrected chi connectivity index (χ3v) is 6.97. The van der Waals surface area contributed by atoms with E-state index in [0.29, 0.717) is 0 Å². The van der Waals surface area contributed by atoms with E-state index in [9.17, 15) is 19.2 Å². The molecule has 0 spiro atoms. The third-order valence-electron chi connectivity index (χ3n) is 5.72. The highest BCUT2D eigenvalue weighted by atomic mass is 32.2. The molecule has 0 aromatic carbocycles. The summed E-state index contributed by atoms with van der Waals surface area (Å²) < 4.78 is 30.1. The maximum absolute atomic E-state index is 12.0. The van der Waals surface area contributed by atoms with Gasteiger partial charge >= 0.3 is 23.9 Å². The molecule has 0 aliphatic carbocycles. The molecule has 1 rings (SSSR count). The van der Waals surface area contributed by atoms with E-state index in [1.165, 1.54) is 39.6 Å². The molecule has 0 aromatic heterocycles. The second kappa shape index (κ2) is 18.4. The maximum atomic E-state index is 12.0. The van der Waals surface area contributed by atoms with Crippen LogP contribution in [0.3, 0.4) is 0 Å². The van der Waals surface area contributed by atoms with Crippen molar-refractivity contribution in [2.45, 2.75) is 123 Å². The van der Waals surface area contributed by atoms with E-state index in [2.05, 4.69) is 18.2 Å². The summed E-state index contributed by atoms with van der Waals surface area (Å²) >= 11 is 1.41. The molecule has 1 fully saturated rings. The quantitative estimate of drug-likeness (QED) is 0.106. The molecule has 0 aromatic rings. The molecule has 0 amide bonds. The van der Waals surface area contributed by atoms with Crippen molar-refractivity contribution in [3.05, 3.63) is 0 Å². The molecule has 11 heteroatoms. The second-order valence-electron chi connectivity index (χ2n) is 9.22. The Hall–Kier alpha value is -1.85. The van der Waals surface area contributed by atoms with E-state index in [-0.39, 0.29) is 6.61 Å². The molecule has 37 heavy (non-hydrogen) atoms. The van der Waals surface area contributed by atoms with E-state index in [1.807, 2.05) is 0 Å². The first-order valence-electron chi connectivity index (χ1n) is 13.3. The highest BCUT2D eigenvalue weighted by molar-refractivity contribution is 7.97. The first kappa shape index (κ1) is 33.2. The lowest BCUT2D eigenvalue weighted by molar-refractivity contribution is -0.176. The Labute approximate surface area is 225 Å². The molecule has 1 aliphatic heterocycles. The highest BCUT2D eigenvalue weighted by Crippen LogP contribution is 2.37. The number of esters is 4. The zero-order valence-corrected chi connectivity index (χ0v) is 24.0. The summed E-state index contributed by atoms with van der Waals surface area (Å²) in [5.74, 6) is -2.34. The van der Waals surface area contributed by atoms with Gasteiger partial charge in [0.1, 0.15) is 12.7 Å². The Morgan fingerprint density at radius 2 is 1.30 bits per heavy atom. The van der Waals surface area contributed by atoms with Gasteiger partial charge in [-0.3, -0.25) is 19.2 Å². The molecular weight excluding hydrogens is 502 g/mol. The Kier molecular flexibility index (Phi) is 16.5. The van der Waals surface area contributed by atoms with Crippen LogP contribution in [0, 0.1) is 0 Å². The fraction of sp³-hybridized carbons (Fsp3) is 0.846. The number of hydrogen-bond donors (Lipinski definition) is 0. The average Bonchev–Trinajstić information content (AvgIpc) is 3.11. The summed E-state index contributed by atoms with van der Waals surface area (Å²) in [4.78, 5) is 47.3. The third kappa shape index (κ3) is 13.5. The van der Waals surface area contributed by atoms with Crippen LogP contribution >= 0.6 is 11.9 Å². The van der Waals surface area contributed by atoms with Gasteiger partial charge in [0.15, 0.2) is 23.7 Å². The first-order chi connectivity index (χ1) is 17.6. The lowest BCUT2D eigenvalue weighted by Gasteiger charge is -2.28. The summed E-state index contributed by atoms with van der Waals surface area (Å²) in [7, 11) is 0. The van der Waals surface area contributed by atoms with Gasteiger partial charge in [-0.1, -0.05) is 52.4 Å². The average molecular weight is 548 g/mol. The van der Waals surface area contributed by atoms with Gasteiger partial charge in [0.05, 0.1) is 0 Å². The van der Waals surface area contributed by atoms with Crippen LogP contribution in [0.1, 0.15) is 92.9 Å². The number of rotatable bonds is 18. The van der Waals surface area contributed by atoms with Crippen LogP contribution in [0.4, 0.5) is 0 Å². The van der Waals surface area contributed by atoms with E-state index < -0.39 is 53.7 Å². The van der Waals surface area contributed by atoms with E-state index in [0.717, 1.165) is 64.5 Å². The number of nitrogens with zero attached hydrogens (tertiary/aromatic N) is 1. The predicted molar refractivity (Wildman–Crippen MR) is 139 cm³/mol. The van der Waals surface area contributed by atoms with Crippen molar-refractivity contribution < 1.29 is 42.9 Å². The number of unbranched alkanes of at least 4 members (excludes halogenated alkanes) is 6. The van der Waals surface area contributed by atoms with E-state index >= 15 is 0 Å². The smallest absolute Gasteiger partial charge is 0.303 e. The first-order valence-corrected chi connectivity index (χ1v) is 14.1. The number of carbonyl (C=O) groups excluding carboxylic acids is 4. The van der Waals surface area contributed by atoms with Gasteiger partial charge < -0.3 is 23.7 Å². The molecule has 0 N–H and O–H groups in total. The van der Waals surface area contributed by atoms with Gasteiger partial charge in [0.2, 0.25) is 0 Å². The summed E-state index contributed by atoms with van der Waals surface area (Å²) in [6.45, 7) is 10.7. The van der Waals surface area contributed by atoms with Gasteiger partial charge in [-0.15, -0.1) is 0 Å². The molecule has 214 valence electrons. The second-order valence-corrected chi connectivity index (χ2v) is 10.4. The van der Waals surface area contributed by atoms with Crippen molar-refractivity contribution in [3.8, 4) is 0 Å². The van der Waals surface area contributed by atoms with Crippen LogP contribution in [0.15, 0.2) is 0 Å². The predicted octanol–water partition coefficient (Wildman–Crippen LogP) is 4.18. The molecule has 1 saturated heterocycles. The largest absolute Gasteiger partial charge is 0.462 e. The Bertz CT molecular complexity index is 708. The minimum absolute atomic E-state index is 0.292. The monoisotopic (exact) mass is 547 g/mol. The number of ether oxygens (including phenoxy) is 5. The van der Waals surface area contributed by atoms with Crippen LogP contribution in [0.2, 0.25) is 0 Å². The molecule has 0 radical (unpaired) electrons. The Morgan fingerprint density at radius 1 is 0.757 bits per heavy atom. The minimum atomic E-state index is -1.06. The zero-order chi connectivity index (χ0) is 27.8. The molecule has 0 saturated carbocycles. The van der Waals surface area contributed by atoms with Crippen molar-refractivity contribution in [3.63, 3.8) is 0 Å². The van der Waals surface area contributed by atoms with Crippen LogP contribution in [0.5, 0.6) is 0 Å². The molecule has 1 unspecified atom stereocenters. The number of hydrogen-bond acceptors (Lipinski definition) is 11. The summed E-state index contributed by atoms with van der Waals surface area (Å²) in [6, 6.07) is 0. The van der Waals surface area contributed by atoms with Gasteiger partial charge in [0.25, 0.3) is 0 Å². The molecule has 1 aliphatic rings. The van der Waals surface area contributed by atoms with Crippen LogP contribution in [0.25, 0.3) is 0 Å². The fourth-order valence-electron chi connectivity index (χ4n) is 4.08. The van der Waals surface area contributed by atoms with E-state index in [1.54, 1.807) is 0 Å². The van der Waals surface area contributed by atoms with Crippen molar-refractivity contribution >= 4 is 35.8 Å². The van der Waals surface area contributed by atoms with Crippen LogP contribution < -0.4 is 0 Å². The zero-order valence-electron chi connectivity index (χ0n) is 23.2. The Morgan fingerprint density at radius 3 is 1.76 bits per heavy atom. The molecular formula is C26H45NO9S. The SMILES string of the molecule is CCCCCCN(CCCCCC)SC1O[C@@H]([C@@H](COC(C)=O)OC(C)=O)[C@H](OC(C)=O)[C@H]1OC(C)=O. The molecule has 0 bridgehead atoms. The van der Waals surface area contributed by atoms with Crippen LogP contribution in [-0.2, 0) is 42.9 Å². The summed E-state index contributed by atoms with van der Waals surface area (Å²) in [6.07, 6.45) is 4.76. The molecule has 10 nitrogen and oxygen atoms in total. The van der Waals surface area contributed by atoms with Crippen molar-refractivity contribution in [2.24, 2.45) is 0 Å². The minimum Gasteiger partial charge on any atom is -0.462 e. The summed E-state index contributed by atoms with van der Waals surface area (Å²) in [5.41, 5.74) is -0.717. The maximum Gasteiger partial charge on any atom is 0.303 e. The van der Waals surface area contributed by atoms with Gasteiger partial charge in [0, 0.05) is 40.8 Å².